The van der Waals surface area contributed by atoms with Crippen molar-refractivity contribution >= 4 is 11.6 Å². The third kappa shape index (κ3) is 4.30. The maximum atomic E-state index is 13.2. The summed E-state index contributed by atoms with van der Waals surface area (Å²) in [5.74, 6) is -0.311. The molecule has 0 unspecified atom stereocenters. The van der Waals surface area contributed by atoms with Crippen LogP contribution in [0, 0.1) is 5.82 Å². The van der Waals surface area contributed by atoms with Gasteiger partial charge in [0.1, 0.15) is 5.82 Å². The summed E-state index contributed by atoms with van der Waals surface area (Å²) in [6, 6.07) is 12.6. The number of benzene rings is 2. The Morgan fingerprint density at radius 3 is 2.55 bits per heavy atom. The van der Waals surface area contributed by atoms with E-state index < -0.39 is 0 Å². The van der Waals surface area contributed by atoms with Gasteiger partial charge in [0, 0.05) is 25.2 Å². The highest BCUT2D eigenvalue weighted by Crippen LogP contribution is 2.14. The Hall–Kier alpha value is -1.42. The van der Waals surface area contributed by atoms with Crippen LogP contribution in [0.25, 0.3) is 0 Å². The van der Waals surface area contributed by atoms with Crippen LogP contribution in [0.3, 0.4) is 0 Å². The van der Waals surface area contributed by atoms with Gasteiger partial charge in [-0.3, -0.25) is 0 Å². The first kappa shape index (κ1) is 15.0. The molecule has 106 valence electrons. The molecule has 0 bridgehead atoms. The van der Waals surface area contributed by atoms with Crippen molar-refractivity contribution in [2.45, 2.75) is 19.7 Å². The molecule has 0 spiro atoms. The molecule has 1 N–H and O–H groups in total. The van der Waals surface area contributed by atoms with Gasteiger partial charge in [0.2, 0.25) is 0 Å². The molecule has 0 atom stereocenters. The average Bonchev–Trinajstić information content (AvgIpc) is 2.40. The van der Waals surface area contributed by atoms with Crippen LogP contribution in [0.1, 0.15) is 16.7 Å². The van der Waals surface area contributed by atoms with Gasteiger partial charge in [0.15, 0.2) is 0 Å². The minimum absolute atomic E-state index is 0.311. The lowest BCUT2D eigenvalue weighted by Crippen LogP contribution is -2.14. The predicted octanol–water partition coefficient (Wildman–Crippen LogP) is 3.92. The molecule has 0 heterocycles. The minimum atomic E-state index is -0.311. The molecular weight excluding hydrogens is 277 g/mol. The lowest BCUT2D eigenvalue weighted by atomic mass is 10.1. The Morgan fingerprint density at radius 1 is 1.10 bits per heavy atom. The highest BCUT2D eigenvalue weighted by molar-refractivity contribution is 6.30. The third-order valence-corrected chi connectivity index (χ3v) is 3.20. The van der Waals surface area contributed by atoms with E-state index in [1.54, 1.807) is 13.2 Å². The molecule has 0 aliphatic carbocycles. The van der Waals surface area contributed by atoms with E-state index in [4.69, 9.17) is 16.3 Å². The van der Waals surface area contributed by atoms with Gasteiger partial charge >= 0.3 is 0 Å². The zero-order valence-corrected chi connectivity index (χ0v) is 12.1. The van der Waals surface area contributed by atoms with Crippen LogP contribution < -0.4 is 5.32 Å². The van der Waals surface area contributed by atoms with E-state index in [2.05, 4.69) is 11.4 Å². The van der Waals surface area contributed by atoms with Crippen molar-refractivity contribution in [3.8, 4) is 0 Å². The number of nitrogens with one attached hydrogen (secondary N) is 1. The first-order chi connectivity index (χ1) is 9.69. The molecule has 0 fully saturated rings. The topological polar surface area (TPSA) is 21.3 Å². The smallest absolute Gasteiger partial charge is 0.125 e. The van der Waals surface area contributed by atoms with Crippen molar-refractivity contribution in [1.29, 1.82) is 0 Å². The van der Waals surface area contributed by atoms with Crippen LogP contribution in [0.2, 0.25) is 5.02 Å². The summed E-state index contributed by atoms with van der Waals surface area (Å²) in [4.78, 5) is 0. The van der Waals surface area contributed by atoms with Crippen LogP contribution in [0.15, 0.2) is 42.5 Å². The first-order valence-corrected chi connectivity index (χ1v) is 6.78. The van der Waals surface area contributed by atoms with E-state index >= 15 is 0 Å². The molecule has 2 nitrogen and oxygen atoms in total. The van der Waals surface area contributed by atoms with Gasteiger partial charge in [-0.15, -0.1) is 0 Å². The van der Waals surface area contributed by atoms with Crippen LogP contribution in [0.4, 0.5) is 4.39 Å². The van der Waals surface area contributed by atoms with E-state index in [9.17, 15) is 4.39 Å². The zero-order chi connectivity index (χ0) is 14.4. The second-order valence-corrected chi connectivity index (χ2v) is 5.02. The Kier molecular flexibility index (Phi) is 5.53. The third-order valence-electron chi connectivity index (χ3n) is 2.99. The largest absolute Gasteiger partial charge is 0.380 e. The van der Waals surface area contributed by atoms with Crippen LogP contribution in [-0.4, -0.2) is 7.11 Å². The van der Waals surface area contributed by atoms with Crippen molar-refractivity contribution in [3.05, 3.63) is 70.0 Å². The summed E-state index contributed by atoms with van der Waals surface area (Å²) >= 11 is 5.83. The highest BCUT2D eigenvalue weighted by atomic mass is 35.5. The molecular formula is C16H17ClFNO. The summed E-state index contributed by atoms with van der Waals surface area (Å²) in [5.41, 5.74) is 3.16. The molecule has 4 heteroatoms. The monoisotopic (exact) mass is 293 g/mol. The summed E-state index contributed by atoms with van der Waals surface area (Å²) in [5, 5.41) is 3.71. The number of methoxy groups -OCH3 is 1. The van der Waals surface area contributed by atoms with Crippen molar-refractivity contribution in [2.24, 2.45) is 0 Å². The molecule has 20 heavy (non-hydrogen) atoms. The van der Waals surface area contributed by atoms with Crippen molar-refractivity contribution in [1.82, 2.24) is 5.32 Å². The Bertz CT molecular complexity index is 554. The van der Waals surface area contributed by atoms with Crippen molar-refractivity contribution < 1.29 is 9.13 Å². The molecule has 2 rings (SSSR count). The van der Waals surface area contributed by atoms with E-state index in [0.717, 1.165) is 11.1 Å². The number of ether oxygens (including phenoxy) is 1. The normalized spacial score (nSPS) is 10.8. The van der Waals surface area contributed by atoms with E-state index in [-0.39, 0.29) is 5.82 Å². The fraction of sp³-hybridized carbons (Fsp3) is 0.250. The molecule has 0 saturated heterocycles. The van der Waals surface area contributed by atoms with Crippen LogP contribution in [0.5, 0.6) is 0 Å². The van der Waals surface area contributed by atoms with Crippen LogP contribution >= 0.6 is 11.6 Å². The van der Waals surface area contributed by atoms with Crippen molar-refractivity contribution in [2.75, 3.05) is 7.11 Å². The Balaban J connectivity index is 1.95. The average molecular weight is 294 g/mol. The van der Waals surface area contributed by atoms with Gasteiger partial charge in [0.05, 0.1) is 6.61 Å². The quantitative estimate of drug-likeness (QED) is 0.872. The molecule has 2 aromatic rings. The molecule has 0 amide bonds. The first-order valence-electron chi connectivity index (χ1n) is 6.40. The fourth-order valence-electron chi connectivity index (χ4n) is 2.08. The molecule has 0 aromatic heterocycles. The number of hydrogen-bond acceptors (Lipinski definition) is 2. The van der Waals surface area contributed by atoms with Crippen LogP contribution in [-0.2, 0) is 24.4 Å². The maximum absolute atomic E-state index is 13.2. The predicted molar refractivity (Wildman–Crippen MR) is 79.1 cm³/mol. The molecule has 0 aliphatic heterocycles. The van der Waals surface area contributed by atoms with Gasteiger partial charge in [0.25, 0.3) is 0 Å². The lowest BCUT2D eigenvalue weighted by molar-refractivity contribution is 0.184. The second-order valence-electron chi connectivity index (χ2n) is 4.58. The summed E-state index contributed by atoms with van der Waals surface area (Å²) in [6.07, 6.45) is 0. The summed E-state index contributed by atoms with van der Waals surface area (Å²) < 4.78 is 18.4. The lowest BCUT2D eigenvalue weighted by Gasteiger charge is -2.10. The second kappa shape index (κ2) is 7.39. The number of hydrogen-bond donors (Lipinski definition) is 1. The summed E-state index contributed by atoms with van der Waals surface area (Å²) in [7, 11) is 1.68. The standard InChI is InChI=1S/C16H17ClFNO/c1-20-11-14-5-3-2-4-13(14)10-19-9-12-6-15(17)8-16(18)7-12/h2-8,19H,9-11H2,1H3. The maximum Gasteiger partial charge on any atom is 0.125 e. The number of rotatable bonds is 6. The van der Waals surface area contributed by atoms with Gasteiger partial charge in [-0.2, -0.15) is 0 Å². The highest BCUT2D eigenvalue weighted by Gasteiger charge is 2.02. The van der Waals surface area contributed by atoms with Crippen molar-refractivity contribution in [3.63, 3.8) is 0 Å². The van der Waals surface area contributed by atoms with Gasteiger partial charge < -0.3 is 10.1 Å². The Morgan fingerprint density at radius 2 is 1.85 bits per heavy atom. The number of halogens is 2. The molecule has 0 saturated carbocycles. The zero-order valence-electron chi connectivity index (χ0n) is 11.3. The van der Waals surface area contributed by atoms with E-state index in [1.165, 1.54) is 17.7 Å². The van der Waals surface area contributed by atoms with Gasteiger partial charge in [-0.25, -0.2) is 4.39 Å². The van der Waals surface area contributed by atoms with Gasteiger partial charge in [-0.05, 0) is 34.9 Å². The minimum Gasteiger partial charge on any atom is -0.380 e. The van der Waals surface area contributed by atoms with E-state index in [1.807, 2.05) is 18.2 Å². The summed E-state index contributed by atoms with van der Waals surface area (Å²) in [6.45, 7) is 1.86. The molecule has 2 aromatic carbocycles. The Labute approximate surface area is 123 Å². The SMILES string of the molecule is COCc1ccccc1CNCc1cc(F)cc(Cl)c1. The van der Waals surface area contributed by atoms with E-state index in [0.29, 0.717) is 24.7 Å². The van der Waals surface area contributed by atoms with Gasteiger partial charge in [-0.1, -0.05) is 35.9 Å². The molecule has 0 radical (unpaired) electrons. The fourth-order valence-corrected chi connectivity index (χ4v) is 2.33. The molecule has 0 aliphatic rings.